The highest BCUT2D eigenvalue weighted by Gasteiger charge is 2.44. The van der Waals surface area contributed by atoms with Crippen molar-refractivity contribution in [1.82, 2.24) is 10.6 Å². The average Bonchev–Trinajstić information content (AvgIpc) is 3.45. The van der Waals surface area contributed by atoms with Crippen LogP contribution < -0.4 is 10.6 Å². The van der Waals surface area contributed by atoms with Crippen molar-refractivity contribution >= 4 is 12.0 Å². The van der Waals surface area contributed by atoms with Gasteiger partial charge in [-0.2, -0.15) is 0 Å². The van der Waals surface area contributed by atoms with Crippen LogP contribution in [0.3, 0.4) is 0 Å². The van der Waals surface area contributed by atoms with Crippen LogP contribution in [0.2, 0.25) is 0 Å². The first-order valence-electron chi connectivity index (χ1n) is 19.2. The highest BCUT2D eigenvalue weighted by atomic mass is 16.7. The molecule has 280 valence electrons. The molecular weight excluding hydrogens is 644 g/mol. The van der Waals surface area contributed by atoms with Crippen molar-refractivity contribution in [2.75, 3.05) is 19.7 Å². The molecule has 5 rings (SSSR count). The van der Waals surface area contributed by atoms with Crippen LogP contribution in [0, 0.1) is 17.8 Å². The lowest BCUT2D eigenvalue weighted by molar-refractivity contribution is -0.324. The summed E-state index contributed by atoms with van der Waals surface area (Å²) in [6.45, 7) is 10.5. The summed E-state index contributed by atoms with van der Waals surface area (Å²) < 4.78 is 19.0. The second-order valence-corrected chi connectivity index (χ2v) is 15.4. The minimum absolute atomic E-state index is 0.0500. The Morgan fingerprint density at radius 2 is 1.65 bits per heavy atom. The molecule has 0 radical (unpaired) electrons. The predicted octanol–water partition coefficient (Wildman–Crippen LogP) is 7.24. The number of aliphatic hydroxyl groups is 2. The summed E-state index contributed by atoms with van der Waals surface area (Å²) in [7, 11) is 0. The summed E-state index contributed by atoms with van der Waals surface area (Å²) in [4.78, 5) is 25.5. The number of fused-ring (bicyclic) bond motifs is 3. The van der Waals surface area contributed by atoms with E-state index in [0.717, 1.165) is 85.6 Å². The maximum Gasteiger partial charge on any atom is 0.407 e. The Bertz CT molecular complexity index is 1450. The molecule has 51 heavy (non-hydrogen) atoms. The predicted molar refractivity (Wildman–Crippen MR) is 199 cm³/mol. The molecule has 3 aliphatic rings. The fourth-order valence-electron chi connectivity index (χ4n) is 7.91. The first kappa shape index (κ1) is 39.0. The molecule has 0 unspecified atom stereocenters. The van der Waals surface area contributed by atoms with Gasteiger partial charge in [0.15, 0.2) is 5.79 Å². The number of carbonyl (C=O) groups is 2. The Morgan fingerprint density at radius 3 is 2.33 bits per heavy atom. The van der Waals surface area contributed by atoms with E-state index >= 15 is 0 Å². The van der Waals surface area contributed by atoms with E-state index in [1.54, 1.807) is 13.8 Å². The highest BCUT2D eigenvalue weighted by molar-refractivity contribution is 5.79. The molecule has 9 heteroatoms. The number of hydrogen-bond donors (Lipinski definition) is 4. The smallest absolute Gasteiger partial charge is 0.407 e. The summed E-state index contributed by atoms with van der Waals surface area (Å²) in [5, 5.41) is 26.1. The molecular formula is C42H60N2O7. The van der Waals surface area contributed by atoms with Gasteiger partial charge in [-0.15, -0.1) is 0 Å². The van der Waals surface area contributed by atoms with Gasteiger partial charge in [0.05, 0.1) is 30.3 Å². The van der Waals surface area contributed by atoms with Crippen LogP contribution in [0.1, 0.15) is 109 Å². The Kier molecular flexibility index (Phi) is 13.8. The second kappa shape index (κ2) is 18.0. The van der Waals surface area contributed by atoms with Gasteiger partial charge in [-0.05, 0) is 98.5 Å². The second-order valence-electron chi connectivity index (χ2n) is 15.4. The molecule has 2 fully saturated rings. The number of rotatable bonds is 15. The summed E-state index contributed by atoms with van der Waals surface area (Å²) >= 11 is 0. The van der Waals surface area contributed by atoms with Crippen molar-refractivity contribution in [3.63, 3.8) is 0 Å². The van der Waals surface area contributed by atoms with E-state index in [2.05, 4.69) is 54.8 Å². The molecule has 0 saturated carbocycles. The SMILES string of the molecule is C/C(=C\[C@@H](C)CC[C@@H]1CCC[C@]2(CC[C@H](C)[C@@H](CCCNC(=O)[C@@H](C)[C@@H](O)CNC(=O)OCC3c4ccccc4-c4ccccc43)O2)O1)[C@H](C)O. The molecule has 2 amide bonds. The molecule has 1 spiro atoms. The van der Waals surface area contributed by atoms with E-state index in [1.807, 2.05) is 31.2 Å². The maximum absolute atomic E-state index is 12.9. The van der Waals surface area contributed by atoms with Crippen molar-refractivity contribution < 1.29 is 34.0 Å². The van der Waals surface area contributed by atoms with Crippen LogP contribution >= 0.6 is 0 Å². The molecule has 0 aromatic heterocycles. The van der Waals surface area contributed by atoms with Gasteiger partial charge < -0.3 is 35.1 Å². The topological polar surface area (TPSA) is 126 Å². The normalized spacial score (nSPS) is 25.7. The standard InChI is InChI=1S/C42H60N2O7/c1-27(24-29(3)31(5)45)18-19-32-12-10-21-42(50-32)22-20-28(2)39(51-42)17-11-23-43-40(47)30(4)38(46)25-44-41(48)49-26-37-35-15-8-6-13-33(35)34-14-7-9-16-36(34)37/h6-9,13-16,24,27-28,30-32,37-39,45-46H,10-12,17-23,25-26H2,1-5H3,(H,43,47)(H,44,48)/b29-24+/t27-,28-,30-,31-,32-,38-,39+,42-/m0/s1. The first-order valence-corrected chi connectivity index (χ1v) is 19.2. The number of allylic oxidation sites excluding steroid dienone is 1. The van der Waals surface area contributed by atoms with Gasteiger partial charge in [-0.25, -0.2) is 4.79 Å². The monoisotopic (exact) mass is 704 g/mol. The molecule has 9 nitrogen and oxygen atoms in total. The van der Waals surface area contributed by atoms with Crippen LogP contribution in [0.5, 0.6) is 0 Å². The van der Waals surface area contributed by atoms with Gasteiger partial charge in [0.2, 0.25) is 5.91 Å². The molecule has 1 aliphatic carbocycles. The summed E-state index contributed by atoms with van der Waals surface area (Å²) in [6.07, 6.45) is 8.93. The van der Waals surface area contributed by atoms with Crippen molar-refractivity contribution in [3.8, 4) is 11.1 Å². The van der Waals surface area contributed by atoms with Gasteiger partial charge in [0, 0.05) is 31.8 Å². The fourth-order valence-corrected chi connectivity index (χ4v) is 7.91. The Labute approximate surface area is 304 Å². The molecule has 2 aromatic carbocycles. The van der Waals surface area contributed by atoms with Crippen molar-refractivity contribution in [1.29, 1.82) is 0 Å². The van der Waals surface area contributed by atoms with Gasteiger partial charge in [0.25, 0.3) is 0 Å². The van der Waals surface area contributed by atoms with Gasteiger partial charge in [-0.1, -0.05) is 75.4 Å². The lowest BCUT2D eigenvalue weighted by Gasteiger charge is -2.48. The van der Waals surface area contributed by atoms with Crippen LogP contribution in [-0.2, 0) is 19.0 Å². The third kappa shape index (κ3) is 10.2. The highest BCUT2D eigenvalue weighted by Crippen LogP contribution is 2.45. The van der Waals surface area contributed by atoms with E-state index in [1.165, 1.54) is 0 Å². The van der Waals surface area contributed by atoms with Crippen LogP contribution in [0.4, 0.5) is 4.79 Å². The van der Waals surface area contributed by atoms with Crippen molar-refractivity contribution in [3.05, 3.63) is 71.3 Å². The zero-order valence-electron chi connectivity index (χ0n) is 31.2. The number of alkyl carbamates (subject to hydrolysis) is 1. The number of amides is 2. The first-order chi connectivity index (χ1) is 24.5. The van der Waals surface area contributed by atoms with Crippen LogP contribution in [0.15, 0.2) is 60.2 Å². The third-order valence-corrected chi connectivity index (χ3v) is 11.4. The Balaban J connectivity index is 0.995. The number of hydrogen-bond acceptors (Lipinski definition) is 7. The molecule has 4 N–H and O–H groups in total. The number of carbonyl (C=O) groups excluding carboxylic acids is 2. The lowest BCUT2D eigenvalue weighted by atomic mass is 9.85. The summed E-state index contributed by atoms with van der Waals surface area (Å²) in [5.74, 6) is -0.722. The van der Waals surface area contributed by atoms with Crippen molar-refractivity contribution in [2.45, 2.75) is 129 Å². The van der Waals surface area contributed by atoms with Gasteiger partial charge >= 0.3 is 6.09 Å². The number of benzene rings is 2. The van der Waals surface area contributed by atoms with E-state index in [9.17, 15) is 19.8 Å². The molecule has 8 atom stereocenters. The quantitative estimate of drug-likeness (QED) is 0.114. The van der Waals surface area contributed by atoms with Crippen LogP contribution in [0.25, 0.3) is 11.1 Å². The molecule has 2 saturated heterocycles. The van der Waals surface area contributed by atoms with Gasteiger partial charge in [0.1, 0.15) is 6.61 Å². The minimum Gasteiger partial charge on any atom is -0.449 e. The number of nitrogens with one attached hydrogen (secondary N) is 2. The molecule has 0 bridgehead atoms. The summed E-state index contributed by atoms with van der Waals surface area (Å²) in [5.41, 5.74) is 5.59. The zero-order valence-corrected chi connectivity index (χ0v) is 31.2. The number of aliphatic hydroxyl groups excluding tert-OH is 2. The van der Waals surface area contributed by atoms with Crippen molar-refractivity contribution in [2.24, 2.45) is 17.8 Å². The lowest BCUT2D eigenvalue weighted by Crippen LogP contribution is -2.50. The zero-order chi connectivity index (χ0) is 36.5. The Morgan fingerprint density at radius 1 is 0.961 bits per heavy atom. The third-order valence-electron chi connectivity index (χ3n) is 11.4. The molecule has 2 heterocycles. The van der Waals surface area contributed by atoms with E-state index in [0.29, 0.717) is 18.4 Å². The average molecular weight is 705 g/mol. The maximum atomic E-state index is 12.9. The minimum atomic E-state index is -1.05. The summed E-state index contributed by atoms with van der Waals surface area (Å²) in [6, 6.07) is 16.3. The Hall–Kier alpha value is -3.24. The molecule has 2 aromatic rings. The molecule has 2 aliphatic heterocycles. The fraction of sp³-hybridized carbons (Fsp3) is 0.619. The van der Waals surface area contributed by atoms with Gasteiger partial charge in [-0.3, -0.25) is 4.79 Å². The largest absolute Gasteiger partial charge is 0.449 e. The van der Waals surface area contributed by atoms with Crippen LogP contribution in [-0.4, -0.2) is 72.1 Å². The van der Waals surface area contributed by atoms with E-state index < -0.39 is 30.0 Å². The number of ether oxygens (including phenoxy) is 3. The van der Waals surface area contributed by atoms with E-state index in [4.69, 9.17) is 14.2 Å². The van der Waals surface area contributed by atoms with E-state index in [-0.39, 0.29) is 37.2 Å².